The molecule has 0 fully saturated rings. The molecule has 3 aromatic rings. The maximum atomic E-state index is 12.6. The molecule has 0 spiro atoms. The van der Waals surface area contributed by atoms with Crippen molar-refractivity contribution in [3.05, 3.63) is 70.6 Å². The van der Waals surface area contributed by atoms with E-state index in [2.05, 4.69) is 43.1 Å². The van der Waals surface area contributed by atoms with Gasteiger partial charge in [-0.05, 0) is 58.1 Å². The zero-order chi connectivity index (χ0) is 17.6. The van der Waals surface area contributed by atoms with Gasteiger partial charge in [-0.3, -0.25) is 4.79 Å². The third-order valence-electron chi connectivity index (χ3n) is 4.66. The molecule has 4 heteroatoms. The van der Waals surface area contributed by atoms with Gasteiger partial charge < -0.3 is 4.90 Å². The molecule has 0 bridgehead atoms. The highest BCUT2D eigenvalue weighted by atomic mass is 32.1. The van der Waals surface area contributed by atoms with Crippen LogP contribution in [0.5, 0.6) is 0 Å². The predicted molar refractivity (Wildman–Crippen MR) is 101 cm³/mol. The highest BCUT2D eigenvalue weighted by Crippen LogP contribution is 2.36. The van der Waals surface area contributed by atoms with E-state index in [1.54, 1.807) is 16.2 Å². The molecule has 0 radical (unpaired) electrons. The lowest BCUT2D eigenvalue weighted by Gasteiger charge is -2.14. The van der Waals surface area contributed by atoms with Crippen LogP contribution >= 0.6 is 11.3 Å². The number of amides is 1. The Labute approximate surface area is 150 Å². The molecule has 3 nitrogen and oxygen atoms in total. The van der Waals surface area contributed by atoms with Gasteiger partial charge in [0.1, 0.15) is 0 Å². The molecule has 0 aliphatic carbocycles. The van der Waals surface area contributed by atoms with Crippen LogP contribution in [-0.2, 0) is 6.54 Å². The lowest BCUT2D eigenvalue weighted by molar-refractivity contribution is 0.0794. The minimum Gasteiger partial charge on any atom is -0.329 e. The maximum Gasteiger partial charge on any atom is 0.254 e. The number of fused-ring (bicyclic) bond motifs is 2. The summed E-state index contributed by atoms with van der Waals surface area (Å²) in [6.07, 6.45) is 0. The molecule has 1 aliphatic heterocycles. The van der Waals surface area contributed by atoms with Crippen molar-refractivity contribution in [1.29, 1.82) is 5.26 Å². The molecule has 2 heterocycles. The number of hydrogen-bond acceptors (Lipinski definition) is 3. The molecule has 122 valence electrons. The summed E-state index contributed by atoms with van der Waals surface area (Å²) in [4.78, 5) is 14.3. The molecule has 1 amide bonds. The summed E-state index contributed by atoms with van der Waals surface area (Å²) in [5.74, 6) is -0.0268. The quantitative estimate of drug-likeness (QED) is 0.634. The van der Waals surface area contributed by atoms with E-state index in [-0.39, 0.29) is 12.5 Å². The molecule has 0 unspecified atom stereocenters. The van der Waals surface area contributed by atoms with Crippen LogP contribution < -0.4 is 0 Å². The second-order valence-corrected chi connectivity index (χ2v) is 7.25. The third kappa shape index (κ3) is 2.54. The van der Waals surface area contributed by atoms with Crippen LogP contribution in [0.3, 0.4) is 0 Å². The minimum absolute atomic E-state index is 0.0268. The molecule has 0 saturated carbocycles. The Morgan fingerprint density at radius 3 is 2.92 bits per heavy atom. The number of nitrogens with zero attached hydrogens (tertiary/aromatic N) is 2. The molecule has 4 rings (SSSR count). The van der Waals surface area contributed by atoms with Crippen molar-refractivity contribution in [1.82, 2.24) is 4.90 Å². The van der Waals surface area contributed by atoms with E-state index in [0.717, 1.165) is 22.3 Å². The van der Waals surface area contributed by atoms with Gasteiger partial charge in [0.05, 0.1) is 12.6 Å². The first kappa shape index (κ1) is 15.6. The molecule has 1 aromatic heterocycles. The lowest BCUT2D eigenvalue weighted by Crippen LogP contribution is -2.25. The van der Waals surface area contributed by atoms with Crippen LogP contribution in [0.1, 0.15) is 21.5 Å². The highest BCUT2D eigenvalue weighted by molar-refractivity contribution is 7.17. The minimum atomic E-state index is -0.0268. The summed E-state index contributed by atoms with van der Waals surface area (Å²) in [5, 5.41) is 12.4. The molecule has 2 aromatic carbocycles. The van der Waals surface area contributed by atoms with Gasteiger partial charge in [0, 0.05) is 22.4 Å². The van der Waals surface area contributed by atoms with Gasteiger partial charge in [-0.1, -0.05) is 24.8 Å². The van der Waals surface area contributed by atoms with Gasteiger partial charge >= 0.3 is 0 Å². The van der Waals surface area contributed by atoms with Crippen molar-refractivity contribution in [2.24, 2.45) is 0 Å². The maximum absolute atomic E-state index is 12.6. The predicted octanol–water partition coefficient (Wildman–Crippen LogP) is 4.91. The molecular weight excluding hydrogens is 328 g/mol. The summed E-state index contributed by atoms with van der Waals surface area (Å²) in [6.45, 7) is 6.62. The van der Waals surface area contributed by atoms with E-state index in [0.29, 0.717) is 12.1 Å². The van der Waals surface area contributed by atoms with Gasteiger partial charge in [0.25, 0.3) is 5.91 Å². The van der Waals surface area contributed by atoms with Gasteiger partial charge in [-0.15, -0.1) is 11.3 Å². The Bertz CT molecular complexity index is 1070. The Kier molecular flexibility index (Phi) is 3.67. The average molecular weight is 344 g/mol. The monoisotopic (exact) mass is 344 g/mol. The topological polar surface area (TPSA) is 44.1 Å². The number of aryl methyl sites for hydroxylation is 1. The summed E-state index contributed by atoms with van der Waals surface area (Å²) in [5.41, 5.74) is 5.65. The zero-order valence-corrected chi connectivity index (χ0v) is 14.7. The number of carbonyl (C=O) groups excluding carboxylic acids is 1. The summed E-state index contributed by atoms with van der Waals surface area (Å²) in [7, 11) is 0. The first-order chi connectivity index (χ1) is 12.1. The standard InChI is InChI=1S/C21H16N2OS/c1-13(9-22)10-23-11-19-16(4-3-5-17(19)21(23)24)15-6-7-20-18(8-15)14(2)12-25-20/h3-8,12H,1,10-11H2,2H3. The summed E-state index contributed by atoms with van der Waals surface area (Å²) < 4.78 is 1.27. The fraction of sp³-hybridized carbons (Fsp3) is 0.143. The first-order valence-electron chi connectivity index (χ1n) is 8.06. The Hall–Kier alpha value is -2.90. The third-order valence-corrected chi connectivity index (χ3v) is 5.74. The SMILES string of the molecule is C=C(C#N)CN1Cc2c(cccc2-c2ccc3scc(C)c3c2)C1=O. The van der Waals surface area contributed by atoms with Crippen molar-refractivity contribution in [2.75, 3.05) is 6.54 Å². The molecular formula is C21H16N2OS. The normalized spacial score (nSPS) is 13.1. The summed E-state index contributed by atoms with van der Waals surface area (Å²) >= 11 is 1.75. The molecule has 0 atom stereocenters. The smallest absolute Gasteiger partial charge is 0.254 e. The van der Waals surface area contributed by atoms with Gasteiger partial charge in [0.2, 0.25) is 0 Å². The van der Waals surface area contributed by atoms with E-state index in [9.17, 15) is 4.79 Å². The van der Waals surface area contributed by atoms with Gasteiger partial charge in [0.15, 0.2) is 0 Å². The van der Waals surface area contributed by atoms with Crippen molar-refractivity contribution in [2.45, 2.75) is 13.5 Å². The largest absolute Gasteiger partial charge is 0.329 e. The molecule has 25 heavy (non-hydrogen) atoms. The van der Waals surface area contributed by atoms with Crippen LogP contribution in [-0.4, -0.2) is 17.4 Å². The zero-order valence-electron chi connectivity index (χ0n) is 13.9. The second kappa shape index (κ2) is 5.87. The Balaban J connectivity index is 1.79. The molecule has 1 aliphatic rings. The van der Waals surface area contributed by atoms with E-state index < -0.39 is 0 Å². The molecule has 0 N–H and O–H groups in total. The van der Waals surface area contributed by atoms with E-state index in [1.165, 1.54) is 15.6 Å². The fourth-order valence-corrected chi connectivity index (χ4v) is 4.30. The van der Waals surface area contributed by atoms with E-state index in [4.69, 9.17) is 5.26 Å². The summed E-state index contributed by atoms with van der Waals surface area (Å²) in [6, 6.07) is 14.4. The first-order valence-corrected chi connectivity index (χ1v) is 8.93. The lowest BCUT2D eigenvalue weighted by atomic mass is 9.96. The van der Waals surface area contributed by atoms with Crippen LogP contribution in [0.2, 0.25) is 0 Å². The van der Waals surface area contributed by atoms with Crippen LogP contribution in [0.15, 0.2) is 53.9 Å². The number of carbonyl (C=O) groups is 1. The molecule has 0 saturated heterocycles. The van der Waals surface area contributed by atoms with E-state index in [1.807, 2.05) is 18.2 Å². The Morgan fingerprint density at radius 2 is 2.12 bits per heavy atom. The van der Waals surface area contributed by atoms with Crippen molar-refractivity contribution >= 4 is 27.3 Å². The van der Waals surface area contributed by atoms with Crippen LogP contribution in [0.4, 0.5) is 0 Å². The highest BCUT2D eigenvalue weighted by Gasteiger charge is 2.29. The van der Waals surface area contributed by atoms with Crippen molar-refractivity contribution in [3.63, 3.8) is 0 Å². The Morgan fingerprint density at radius 1 is 1.32 bits per heavy atom. The number of rotatable bonds is 3. The van der Waals surface area contributed by atoms with Gasteiger partial charge in [-0.25, -0.2) is 0 Å². The number of hydrogen-bond donors (Lipinski definition) is 0. The van der Waals surface area contributed by atoms with Crippen LogP contribution in [0.25, 0.3) is 21.2 Å². The average Bonchev–Trinajstić information content (AvgIpc) is 3.15. The number of benzene rings is 2. The van der Waals surface area contributed by atoms with Gasteiger partial charge in [-0.2, -0.15) is 5.26 Å². The van der Waals surface area contributed by atoms with E-state index >= 15 is 0 Å². The number of nitriles is 1. The van der Waals surface area contributed by atoms with Crippen LogP contribution in [0, 0.1) is 18.3 Å². The second-order valence-electron chi connectivity index (χ2n) is 6.34. The van der Waals surface area contributed by atoms with Crippen molar-refractivity contribution < 1.29 is 4.79 Å². The number of thiophene rings is 1. The fourth-order valence-electron chi connectivity index (χ4n) is 3.38. The van der Waals surface area contributed by atoms with Crippen molar-refractivity contribution in [3.8, 4) is 17.2 Å².